The van der Waals surface area contributed by atoms with Crippen LogP contribution in [0.25, 0.3) is 15.9 Å². The highest BCUT2D eigenvalue weighted by Gasteiger charge is 2.25. The number of aryl methyl sites for hydroxylation is 1. The molecule has 7 nitrogen and oxygen atoms in total. The summed E-state index contributed by atoms with van der Waals surface area (Å²) in [6.45, 7) is 3.41. The molecule has 1 atom stereocenters. The van der Waals surface area contributed by atoms with E-state index >= 15 is 0 Å². The molecule has 1 aliphatic carbocycles. The number of thiophene rings is 1. The molecule has 0 saturated heterocycles. The van der Waals surface area contributed by atoms with Crippen LogP contribution in [0.2, 0.25) is 0 Å². The lowest BCUT2D eigenvalue weighted by atomic mass is 9.87. The zero-order valence-corrected chi connectivity index (χ0v) is 15.2. The number of methoxy groups -OCH3 is 1. The Kier molecular flexibility index (Phi) is 4.39. The first-order valence-corrected chi connectivity index (χ1v) is 9.44. The van der Waals surface area contributed by atoms with Crippen molar-refractivity contribution in [3.8, 4) is 0 Å². The number of amides is 1. The van der Waals surface area contributed by atoms with E-state index in [2.05, 4.69) is 27.3 Å². The highest BCUT2D eigenvalue weighted by Crippen LogP contribution is 2.42. The van der Waals surface area contributed by atoms with Crippen LogP contribution in [0.1, 0.15) is 53.2 Å². The maximum Gasteiger partial charge on any atom is 0.290 e. The third-order valence-corrected chi connectivity index (χ3v) is 5.86. The maximum absolute atomic E-state index is 12.3. The largest absolute Gasteiger partial charge is 0.385 e. The molecular weight excluding hydrogens is 338 g/mol. The number of carbonyl (C=O) groups is 1. The van der Waals surface area contributed by atoms with Crippen LogP contribution < -0.4 is 5.32 Å². The van der Waals surface area contributed by atoms with Gasteiger partial charge in [0.15, 0.2) is 5.65 Å². The SMILES string of the molecule is COCCCNC(=O)c1nc2c3c4c(sc3ncn2n1)CCC[C@H]4C. The minimum Gasteiger partial charge on any atom is -0.385 e. The fourth-order valence-electron chi connectivity index (χ4n) is 3.48. The molecule has 0 saturated carbocycles. The summed E-state index contributed by atoms with van der Waals surface area (Å²) in [5, 5.41) is 8.22. The van der Waals surface area contributed by atoms with Gasteiger partial charge < -0.3 is 10.1 Å². The van der Waals surface area contributed by atoms with Crippen molar-refractivity contribution >= 4 is 33.1 Å². The number of carbonyl (C=O) groups excluding carboxylic acids is 1. The summed E-state index contributed by atoms with van der Waals surface area (Å²) in [4.78, 5) is 23.8. The summed E-state index contributed by atoms with van der Waals surface area (Å²) >= 11 is 1.75. The van der Waals surface area contributed by atoms with E-state index in [-0.39, 0.29) is 11.7 Å². The number of fused-ring (bicyclic) bond motifs is 5. The minimum absolute atomic E-state index is 0.190. The number of ether oxygens (including phenoxy) is 1. The maximum atomic E-state index is 12.3. The molecule has 0 fully saturated rings. The fraction of sp³-hybridized carbons (Fsp3) is 0.529. The van der Waals surface area contributed by atoms with E-state index in [4.69, 9.17) is 4.74 Å². The topological polar surface area (TPSA) is 81.4 Å². The number of rotatable bonds is 5. The zero-order valence-electron chi connectivity index (χ0n) is 14.4. The van der Waals surface area contributed by atoms with Gasteiger partial charge in [-0.05, 0) is 37.2 Å². The third-order valence-electron chi connectivity index (χ3n) is 4.69. The summed E-state index contributed by atoms with van der Waals surface area (Å²) in [5.41, 5.74) is 2.09. The summed E-state index contributed by atoms with van der Waals surface area (Å²) in [7, 11) is 1.65. The molecule has 1 amide bonds. The highest BCUT2D eigenvalue weighted by atomic mass is 32.1. The van der Waals surface area contributed by atoms with Crippen LogP contribution in [0, 0.1) is 0 Å². The molecular formula is C17H21N5O2S. The van der Waals surface area contributed by atoms with Gasteiger partial charge in [0, 0.05) is 25.1 Å². The first-order valence-electron chi connectivity index (χ1n) is 8.63. The van der Waals surface area contributed by atoms with E-state index in [0.29, 0.717) is 19.1 Å². The lowest BCUT2D eigenvalue weighted by Crippen LogP contribution is -2.26. The normalized spacial score (nSPS) is 17.1. The second-order valence-corrected chi connectivity index (χ2v) is 7.55. The average Bonchev–Trinajstić information content (AvgIpc) is 3.19. The van der Waals surface area contributed by atoms with Crippen molar-refractivity contribution in [2.45, 2.75) is 38.5 Å². The van der Waals surface area contributed by atoms with E-state index in [1.54, 1.807) is 29.3 Å². The summed E-state index contributed by atoms with van der Waals surface area (Å²) < 4.78 is 6.61. The Hall–Kier alpha value is -2.06. The van der Waals surface area contributed by atoms with E-state index in [9.17, 15) is 4.79 Å². The fourth-order valence-corrected chi connectivity index (χ4v) is 4.78. The molecule has 1 aliphatic rings. The minimum atomic E-state index is -0.259. The van der Waals surface area contributed by atoms with Crippen molar-refractivity contribution < 1.29 is 9.53 Å². The Balaban J connectivity index is 1.72. The molecule has 132 valence electrons. The van der Waals surface area contributed by atoms with Crippen LogP contribution >= 0.6 is 11.3 Å². The van der Waals surface area contributed by atoms with Gasteiger partial charge in [-0.3, -0.25) is 4.79 Å². The quantitative estimate of drug-likeness (QED) is 0.708. The number of nitrogens with zero attached hydrogens (tertiary/aromatic N) is 4. The number of aromatic nitrogens is 4. The van der Waals surface area contributed by atoms with Gasteiger partial charge in [-0.15, -0.1) is 16.4 Å². The van der Waals surface area contributed by atoms with Crippen molar-refractivity contribution in [2.75, 3.05) is 20.3 Å². The Morgan fingerprint density at radius 2 is 2.40 bits per heavy atom. The second kappa shape index (κ2) is 6.68. The van der Waals surface area contributed by atoms with Crippen LogP contribution in [0.15, 0.2) is 6.33 Å². The highest BCUT2D eigenvalue weighted by molar-refractivity contribution is 7.19. The van der Waals surface area contributed by atoms with E-state index in [1.807, 2.05) is 0 Å². The number of nitrogens with one attached hydrogen (secondary N) is 1. The molecule has 3 aromatic heterocycles. The van der Waals surface area contributed by atoms with Crippen molar-refractivity contribution in [3.63, 3.8) is 0 Å². The summed E-state index contributed by atoms with van der Waals surface area (Å²) in [6.07, 6.45) is 5.92. The lowest BCUT2D eigenvalue weighted by molar-refractivity contribution is 0.0938. The van der Waals surface area contributed by atoms with Crippen LogP contribution in [0.5, 0.6) is 0 Å². The van der Waals surface area contributed by atoms with Crippen molar-refractivity contribution in [1.29, 1.82) is 0 Å². The molecule has 25 heavy (non-hydrogen) atoms. The molecule has 8 heteroatoms. The smallest absolute Gasteiger partial charge is 0.290 e. The number of hydrogen-bond acceptors (Lipinski definition) is 6. The molecule has 0 bridgehead atoms. The molecule has 3 heterocycles. The molecule has 0 spiro atoms. The Morgan fingerprint density at radius 3 is 3.24 bits per heavy atom. The van der Waals surface area contributed by atoms with Crippen LogP contribution in [0.4, 0.5) is 0 Å². The second-order valence-electron chi connectivity index (χ2n) is 6.46. The van der Waals surface area contributed by atoms with Gasteiger partial charge in [0.2, 0.25) is 5.82 Å². The van der Waals surface area contributed by atoms with Crippen LogP contribution in [-0.4, -0.2) is 45.8 Å². The predicted octanol–water partition coefficient (Wildman–Crippen LogP) is 2.55. The first kappa shape index (κ1) is 16.4. The zero-order chi connectivity index (χ0) is 17.4. The predicted molar refractivity (Wildman–Crippen MR) is 96.3 cm³/mol. The van der Waals surface area contributed by atoms with Crippen molar-refractivity contribution in [3.05, 3.63) is 22.6 Å². The molecule has 0 aromatic carbocycles. The molecule has 1 N–H and O–H groups in total. The summed E-state index contributed by atoms with van der Waals surface area (Å²) in [6, 6.07) is 0. The van der Waals surface area contributed by atoms with Gasteiger partial charge in [-0.2, -0.15) is 0 Å². The standard InChI is InChI=1S/C17H21N5O2S/c1-10-5-3-6-11-12(10)13-15-20-14(16(23)18-7-4-8-24-2)21-22(15)9-19-17(13)25-11/h9-10H,3-8H2,1-2H3,(H,18,23)/t10-/m1/s1. The lowest BCUT2D eigenvalue weighted by Gasteiger charge is -2.18. The number of hydrogen-bond donors (Lipinski definition) is 1. The molecule has 4 rings (SSSR count). The van der Waals surface area contributed by atoms with Gasteiger partial charge >= 0.3 is 0 Å². The van der Waals surface area contributed by atoms with Crippen molar-refractivity contribution in [2.24, 2.45) is 0 Å². The third kappa shape index (κ3) is 2.89. The van der Waals surface area contributed by atoms with Gasteiger partial charge in [0.1, 0.15) is 11.2 Å². The first-order chi connectivity index (χ1) is 12.2. The van der Waals surface area contributed by atoms with Gasteiger partial charge in [0.05, 0.1) is 5.39 Å². The van der Waals surface area contributed by atoms with E-state index in [0.717, 1.165) is 28.7 Å². The van der Waals surface area contributed by atoms with Crippen LogP contribution in [-0.2, 0) is 11.2 Å². The van der Waals surface area contributed by atoms with Gasteiger partial charge in [-0.1, -0.05) is 6.92 Å². The van der Waals surface area contributed by atoms with Gasteiger partial charge in [-0.25, -0.2) is 14.5 Å². The molecule has 3 aromatic rings. The molecule has 0 radical (unpaired) electrons. The molecule has 0 unspecified atom stereocenters. The monoisotopic (exact) mass is 359 g/mol. The van der Waals surface area contributed by atoms with Crippen LogP contribution in [0.3, 0.4) is 0 Å². The Bertz CT molecular complexity index is 932. The Labute approximate surface area is 149 Å². The Morgan fingerprint density at radius 1 is 1.52 bits per heavy atom. The van der Waals surface area contributed by atoms with E-state index in [1.165, 1.54) is 23.3 Å². The van der Waals surface area contributed by atoms with Crippen molar-refractivity contribution in [1.82, 2.24) is 24.9 Å². The van der Waals surface area contributed by atoms with Gasteiger partial charge in [0.25, 0.3) is 5.91 Å². The van der Waals surface area contributed by atoms with E-state index < -0.39 is 0 Å². The summed E-state index contributed by atoms with van der Waals surface area (Å²) in [5.74, 6) is 0.425. The molecule has 0 aliphatic heterocycles. The average molecular weight is 359 g/mol.